The molecule has 0 amide bonds. The normalized spacial score (nSPS) is 34.6. The molecule has 0 bridgehead atoms. The number of hydrogen-bond acceptors (Lipinski definition) is 4. The molecule has 3 rings (SSSR count). The highest BCUT2D eigenvalue weighted by atomic mass is 16.7. The van der Waals surface area contributed by atoms with Gasteiger partial charge in [0.1, 0.15) is 12.2 Å². The molecule has 0 spiro atoms. The lowest BCUT2D eigenvalue weighted by Gasteiger charge is -2.37. The lowest BCUT2D eigenvalue weighted by molar-refractivity contribution is -0.258. The van der Waals surface area contributed by atoms with E-state index in [1.54, 1.807) is 6.08 Å². The predicted molar refractivity (Wildman–Crippen MR) is 63.4 cm³/mol. The van der Waals surface area contributed by atoms with Crippen LogP contribution in [0.1, 0.15) is 11.9 Å². The maximum atomic E-state index is 8.80. The second kappa shape index (κ2) is 4.91. The van der Waals surface area contributed by atoms with Crippen LogP contribution in [0, 0.1) is 11.3 Å². The van der Waals surface area contributed by atoms with Crippen molar-refractivity contribution in [2.75, 3.05) is 6.61 Å². The summed E-state index contributed by atoms with van der Waals surface area (Å²) in [4.78, 5) is 0. The van der Waals surface area contributed by atoms with Gasteiger partial charge in [-0.2, -0.15) is 5.26 Å². The average Bonchev–Trinajstić information content (AvgIpc) is 2.47. The average molecular weight is 243 g/mol. The molecule has 4 nitrogen and oxygen atoms in total. The van der Waals surface area contributed by atoms with Gasteiger partial charge < -0.3 is 14.2 Å². The molecule has 1 aromatic rings. The summed E-state index contributed by atoms with van der Waals surface area (Å²) < 4.78 is 17.0. The molecule has 2 aliphatic rings. The van der Waals surface area contributed by atoms with Gasteiger partial charge in [0.15, 0.2) is 12.4 Å². The van der Waals surface area contributed by atoms with Gasteiger partial charge in [-0.3, -0.25) is 0 Å². The number of nitrogens with zero attached hydrogens (tertiary/aromatic N) is 1. The molecule has 0 aliphatic carbocycles. The third-order valence-electron chi connectivity index (χ3n) is 3.05. The van der Waals surface area contributed by atoms with Gasteiger partial charge in [-0.1, -0.05) is 36.4 Å². The minimum Gasteiger partial charge on any atom is -0.351 e. The van der Waals surface area contributed by atoms with E-state index < -0.39 is 6.10 Å². The Labute approximate surface area is 105 Å². The highest BCUT2D eigenvalue weighted by Gasteiger charge is 2.35. The molecule has 1 unspecified atom stereocenters. The molecule has 0 saturated carbocycles. The van der Waals surface area contributed by atoms with E-state index in [-0.39, 0.29) is 18.5 Å². The van der Waals surface area contributed by atoms with Crippen molar-refractivity contribution in [3.63, 3.8) is 0 Å². The standard InChI is InChI=1S/C14H13NO3/c15-8-11-6-7-12-13(17-11)9-16-14(18-12)10-4-2-1-3-5-10/h1-7,11-14H,9H2/t11-,12+,13-,14?/m1/s1. The van der Waals surface area contributed by atoms with E-state index in [1.807, 2.05) is 36.4 Å². The van der Waals surface area contributed by atoms with E-state index in [0.717, 1.165) is 5.56 Å². The summed E-state index contributed by atoms with van der Waals surface area (Å²) in [5.41, 5.74) is 0.992. The summed E-state index contributed by atoms with van der Waals surface area (Å²) in [6.45, 7) is 0.437. The van der Waals surface area contributed by atoms with Crippen LogP contribution < -0.4 is 0 Å². The van der Waals surface area contributed by atoms with Crippen LogP contribution in [0.2, 0.25) is 0 Å². The molecular formula is C14H13NO3. The van der Waals surface area contributed by atoms with Gasteiger partial charge in [-0.25, -0.2) is 0 Å². The SMILES string of the molecule is N#C[C@H]1C=C[C@@H]2OC(c3ccccc3)OC[C@H]2O1. The van der Waals surface area contributed by atoms with Gasteiger partial charge >= 0.3 is 0 Å². The van der Waals surface area contributed by atoms with Crippen molar-refractivity contribution in [2.24, 2.45) is 0 Å². The van der Waals surface area contributed by atoms with Crippen LogP contribution in [0.15, 0.2) is 42.5 Å². The summed E-state index contributed by atoms with van der Waals surface area (Å²) in [7, 11) is 0. The summed E-state index contributed by atoms with van der Waals surface area (Å²) in [5.74, 6) is 0. The minimum atomic E-state index is -0.494. The third-order valence-corrected chi connectivity index (χ3v) is 3.05. The molecule has 1 fully saturated rings. The highest BCUT2D eigenvalue weighted by Crippen LogP contribution is 2.30. The Morgan fingerprint density at radius 3 is 2.72 bits per heavy atom. The quantitative estimate of drug-likeness (QED) is 0.707. The van der Waals surface area contributed by atoms with E-state index in [0.29, 0.717) is 6.61 Å². The van der Waals surface area contributed by atoms with Crippen LogP contribution in [0.5, 0.6) is 0 Å². The molecule has 2 aliphatic heterocycles. The lowest BCUT2D eigenvalue weighted by Crippen LogP contribution is -2.44. The highest BCUT2D eigenvalue weighted by molar-refractivity contribution is 5.18. The van der Waals surface area contributed by atoms with E-state index >= 15 is 0 Å². The van der Waals surface area contributed by atoms with Crippen molar-refractivity contribution < 1.29 is 14.2 Å². The predicted octanol–water partition coefficient (Wildman–Crippen LogP) is 1.95. The first-order chi connectivity index (χ1) is 8.86. The molecule has 2 heterocycles. The molecule has 1 aromatic carbocycles. The fourth-order valence-corrected chi connectivity index (χ4v) is 2.14. The second-order valence-corrected chi connectivity index (χ2v) is 4.29. The lowest BCUT2D eigenvalue weighted by atomic mass is 10.1. The Hall–Kier alpha value is -1.67. The van der Waals surface area contributed by atoms with Gasteiger partial charge in [-0.15, -0.1) is 0 Å². The van der Waals surface area contributed by atoms with Crippen LogP contribution >= 0.6 is 0 Å². The third kappa shape index (κ3) is 2.16. The molecule has 0 aromatic heterocycles. The molecule has 92 valence electrons. The van der Waals surface area contributed by atoms with Crippen molar-refractivity contribution in [1.82, 2.24) is 0 Å². The Morgan fingerprint density at radius 2 is 1.94 bits per heavy atom. The van der Waals surface area contributed by atoms with Gasteiger partial charge in [-0.05, 0) is 6.08 Å². The summed E-state index contributed by atoms with van der Waals surface area (Å²) in [6, 6.07) is 11.9. The van der Waals surface area contributed by atoms with Crippen molar-refractivity contribution in [3.8, 4) is 6.07 Å². The van der Waals surface area contributed by atoms with E-state index in [4.69, 9.17) is 19.5 Å². The first-order valence-corrected chi connectivity index (χ1v) is 5.92. The van der Waals surface area contributed by atoms with Crippen molar-refractivity contribution in [3.05, 3.63) is 48.0 Å². The first kappa shape index (κ1) is 11.4. The Balaban J connectivity index is 1.73. The second-order valence-electron chi connectivity index (χ2n) is 4.29. The molecular weight excluding hydrogens is 230 g/mol. The topological polar surface area (TPSA) is 51.5 Å². The zero-order chi connectivity index (χ0) is 12.4. The van der Waals surface area contributed by atoms with E-state index in [1.165, 1.54) is 0 Å². The number of fused-ring (bicyclic) bond motifs is 1. The van der Waals surface area contributed by atoms with Crippen LogP contribution in [-0.4, -0.2) is 24.9 Å². The fraction of sp³-hybridized carbons (Fsp3) is 0.357. The van der Waals surface area contributed by atoms with Crippen molar-refractivity contribution >= 4 is 0 Å². The van der Waals surface area contributed by atoms with Crippen LogP contribution in [0.3, 0.4) is 0 Å². The zero-order valence-electron chi connectivity index (χ0n) is 9.73. The molecule has 1 saturated heterocycles. The Kier molecular flexibility index (Phi) is 3.11. The maximum absolute atomic E-state index is 8.80. The number of rotatable bonds is 1. The zero-order valence-corrected chi connectivity index (χ0v) is 9.73. The number of nitriles is 1. The minimum absolute atomic E-state index is 0.145. The monoisotopic (exact) mass is 243 g/mol. The molecule has 0 radical (unpaired) electrons. The Morgan fingerprint density at radius 1 is 1.11 bits per heavy atom. The summed E-state index contributed by atoms with van der Waals surface area (Å²) in [6.07, 6.45) is 2.42. The number of ether oxygens (including phenoxy) is 3. The smallest absolute Gasteiger partial charge is 0.184 e. The van der Waals surface area contributed by atoms with Crippen LogP contribution in [0.25, 0.3) is 0 Å². The summed E-state index contributed by atoms with van der Waals surface area (Å²) >= 11 is 0. The number of benzene rings is 1. The first-order valence-electron chi connectivity index (χ1n) is 5.92. The van der Waals surface area contributed by atoms with Crippen LogP contribution in [0.4, 0.5) is 0 Å². The van der Waals surface area contributed by atoms with Gasteiger partial charge in [0, 0.05) is 5.56 Å². The number of hydrogen-bond donors (Lipinski definition) is 0. The summed E-state index contributed by atoms with van der Waals surface area (Å²) in [5, 5.41) is 8.80. The van der Waals surface area contributed by atoms with Crippen LogP contribution in [-0.2, 0) is 14.2 Å². The van der Waals surface area contributed by atoms with Crippen molar-refractivity contribution in [2.45, 2.75) is 24.6 Å². The molecule has 4 atom stereocenters. The van der Waals surface area contributed by atoms with E-state index in [9.17, 15) is 0 Å². The van der Waals surface area contributed by atoms with E-state index in [2.05, 4.69) is 6.07 Å². The molecule has 0 N–H and O–H groups in total. The van der Waals surface area contributed by atoms with Gasteiger partial charge in [0.25, 0.3) is 0 Å². The maximum Gasteiger partial charge on any atom is 0.184 e. The van der Waals surface area contributed by atoms with Gasteiger partial charge in [0.05, 0.1) is 12.7 Å². The van der Waals surface area contributed by atoms with Crippen molar-refractivity contribution in [1.29, 1.82) is 5.26 Å². The van der Waals surface area contributed by atoms with Gasteiger partial charge in [0.2, 0.25) is 0 Å². The largest absolute Gasteiger partial charge is 0.351 e. The molecule has 4 heteroatoms. The fourth-order valence-electron chi connectivity index (χ4n) is 2.14. The Bertz CT molecular complexity index is 480. The molecule has 18 heavy (non-hydrogen) atoms.